The zero-order valence-corrected chi connectivity index (χ0v) is 8.60. The second-order valence-corrected chi connectivity index (χ2v) is 3.38. The highest BCUT2D eigenvalue weighted by Gasteiger charge is 2.14. The van der Waals surface area contributed by atoms with Gasteiger partial charge in [-0.25, -0.2) is 0 Å². The summed E-state index contributed by atoms with van der Waals surface area (Å²) in [4.78, 5) is 11.2. The Morgan fingerprint density at radius 1 is 1.38 bits per heavy atom. The van der Waals surface area contributed by atoms with E-state index in [-0.39, 0.29) is 0 Å². The van der Waals surface area contributed by atoms with E-state index in [9.17, 15) is 4.79 Å². The molecule has 1 aromatic carbocycles. The first-order valence-corrected chi connectivity index (χ1v) is 4.85. The molecule has 0 saturated heterocycles. The highest BCUT2D eigenvalue weighted by Crippen LogP contribution is 2.24. The molecule has 0 unspecified atom stereocenters. The maximum absolute atomic E-state index is 11.2. The topological polar surface area (TPSA) is 97.8 Å². The van der Waals surface area contributed by atoms with Crippen LogP contribution in [0.4, 0.5) is 0 Å². The number of rotatable bonds is 3. The molecule has 0 saturated carbocycles. The first kappa shape index (κ1) is 10.4. The Bertz CT molecular complexity index is 518. The van der Waals surface area contributed by atoms with Crippen LogP contribution in [0.1, 0.15) is 15.9 Å². The lowest BCUT2D eigenvalue weighted by molar-refractivity contribution is 0.100. The van der Waals surface area contributed by atoms with Gasteiger partial charge in [0, 0.05) is 12.1 Å². The minimum Gasteiger partial charge on any atom is -0.365 e. The number of carbonyl (C=O) groups is 1. The molecular weight excluding hydrogens is 204 g/mol. The first-order valence-electron chi connectivity index (χ1n) is 4.85. The van der Waals surface area contributed by atoms with Crippen molar-refractivity contribution in [3.05, 3.63) is 41.6 Å². The van der Waals surface area contributed by atoms with Crippen molar-refractivity contribution in [3.8, 4) is 11.3 Å². The molecule has 0 aliphatic rings. The quantitative estimate of drug-likeness (QED) is 0.702. The van der Waals surface area contributed by atoms with Crippen LogP contribution in [-0.2, 0) is 6.54 Å². The summed E-state index contributed by atoms with van der Waals surface area (Å²) in [6.07, 6.45) is 1.42. The first-order chi connectivity index (χ1) is 7.74. The van der Waals surface area contributed by atoms with E-state index in [0.717, 1.165) is 11.1 Å². The minimum atomic E-state index is -0.504. The van der Waals surface area contributed by atoms with Crippen LogP contribution in [0.3, 0.4) is 0 Å². The minimum absolute atomic E-state index is 0.376. The number of benzene rings is 1. The SMILES string of the molecule is NCc1ccccc1-c1[nH]ncc1C(N)=O. The predicted molar refractivity (Wildman–Crippen MR) is 60.4 cm³/mol. The number of aromatic amines is 1. The van der Waals surface area contributed by atoms with Crippen LogP contribution in [0.15, 0.2) is 30.5 Å². The molecule has 0 fully saturated rings. The van der Waals surface area contributed by atoms with E-state index in [0.29, 0.717) is 17.8 Å². The molecule has 0 bridgehead atoms. The molecule has 0 atom stereocenters. The summed E-state index contributed by atoms with van der Waals surface area (Å²) in [6, 6.07) is 7.55. The Morgan fingerprint density at radius 2 is 2.12 bits per heavy atom. The molecule has 1 heterocycles. The number of primary amides is 1. The molecule has 82 valence electrons. The number of nitrogens with two attached hydrogens (primary N) is 2. The third-order valence-corrected chi connectivity index (χ3v) is 2.41. The molecule has 0 aliphatic heterocycles. The average molecular weight is 216 g/mol. The highest BCUT2D eigenvalue weighted by molar-refractivity contribution is 5.98. The fourth-order valence-electron chi connectivity index (χ4n) is 1.62. The van der Waals surface area contributed by atoms with Gasteiger partial charge in [-0.3, -0.25) is 9.89 Å². The van der Waals surface area contributed by atoms with Gasteiger partial charge < -0.3 is 11.5 Å². The third kappa shape index (κ3) is 1.68. The summed E-state index contributed by atoms with van der Waals surface area (Å²) in [7, 11) is 0. The third-order valence-electron chi connectivity index (χ3n) is 2.41. The number of nitrogens with one attached hydrogen (secondary N) is 1. The Kier molecular flexibility index (Phi) is 2.70. The standard InChI is InChI=1S/C11H12N4O/c12-5-7-3-1-2-4-8(7)10-9(11(13)16)6-14-15-10/h1-4,6H,5,12H2,(H2,13,16)(H,14,15). The van der Waals surface area contributed by atoms with Gasteiger partial charge >= 0.3 is 0 Å². The predicted octanol–water partition coefficient (Wildman–Crippen LogP) is 0.634. The van der Waals surface area contributed by atoms with Gasteiger partial charge in [0.2, 0.25) is 0 Å². The number of nitrogens with zero attached hydrogens (tertiary/aromatic N) is 1. The van der Waals surface area contributed by atoms with Crippen LogP contribution in [0.2, 0.25) is 0 Å². The molecule has 2 aromatic rings. The van der Waals surface area contributed by atoms with E-state index in [2.05, 4.69) is 10.2 Å². The van der Waals surface area contributed by atoms with Crippen LogP contribution < -0.4 is 11.5 Å². The molecular formula is C11H12N4O. The van der Waals surface area contributed by atoms with Crippen molar-refractivity contribution in [2.45, 2.75) is 6.54 Å². The van der Waals surface area contributed by atoms with Crippen molar-refractivity contribution in [2.75, 3.05) is 0 Å². The lowest BCUT2D eigenvalue weighted by Crippen LogP contribution is -2.11. The smallest absolute Gasteiger partial charge is 0.252 e. The fraction of sp³-hybridized carbons (Fsp3) is 0.0909. The molecule has 1 amide bonds. The van der Waals surface area contributed by atoms with Gasteiger partial charge in [-0.05, 0) is 5.56 Å². The van der Waals surface area contributed by atoms with Gasteiger partial charge in [-0.1, -0.05) is 24.3 Å². The number of carbonyl (C=O) groups excluding carboxylic acids is 1. The molecule has 0 radical (unpaired) electrons. The molecule has 0 aliphatic carbocycles. The second-order valence-electron chi connectivity index (χ2n) is 3.38. The van der Waals surface area contributed by atoms with Crippen LogP contribution >= 0.6 is 0 Å². The number of amides is 1. The van der Waals surface area contributed by atoms with Crippen molar-refractivity contribution in [1.29, 1.82) is 0 Å². The number of aromatic nitrogens is 2. The lowest BCUT2D eigenvalue weighted by Gasteiger charge is -2.06. The summed E-state index contributed by atoms with van der Waals surface area (Å²) in [5, 5.41) is 6.60. The lowest BCUT2D eigenvalue weighted by atomic mass is 10.0. The molecule has 1 aromatic heterocycles. The van der Waals surface area contributed by atoms with E-state index >= 15 is 0 Å². The van der Waals surface area contributed by atoms with Crippen molar-refractivity contribution in [1.82, 2.24) is 10.2 Å². The van der Waals surface area contributed by atoms with Crippen LogP contribution in [0, 0.1) is 0 Å². The van der Waals surface area contributed by atoms with E-state index in [1.54, 1.807) is 0 Å². The molecule has 2 rings (SSSR count). The average Bonchev–Trinajstić information content (AvgIpc) is 2.77. The molecule has 16 heavy (non-hydrogen) atoms. The monoisotopic (exact) mass is 216 g/mol. The molecule has 5 heteroatoms. The highest BCUT2D eigenvalue weighted by atomic mass is 16.1. The van der Waals surface area contributed by atoms with Gasteiger partial charge in [0.15, 0.2) is 0 Å². The van der Waals surface area contributed by atoms with Gasteiger partial charge in [0.1, 0.15) is 0 Å². The van der Waals surface area contributed by atoms with Crippen molar-refractivity contribution >= 4 is 5.91 Å². The van der Waals surface area contributed by atoms with Crippen molar-refractivity contribution in [3.63, 3.8) is 0 Å². The number of H-pyrrole nitrogens is 1. The van der Waals surface area contributed by atoms with Crippen LogP contribution in [0.25, 0.3) is 11.3 Å². The van der Waals surface area contributed by atoms with Gasteiger partial charge in [0.25, 0.3) is 5.91 Å². The Balaban J connectivity index is 2.58. The zero-order valence-electron chi connectivity index (χ0n) is 8.60. The summed E-state index contributed by atoms with van der Waals surface area (Å²) in [6.45, 7) is 0.396. The van der Waals surface area contributed by atoms with E-state index in [1.165, 1.54) is 6.20 Å². The number of hydrogen-bond donors (Lipinski definition) is 3. The normalized spacial score (nSPS) is 10.3. The zero-order chi connectivity index (χ0) is 11.5. The molecule has 0 spiro atoms. The van der Waals surface area contributed by atoms with E-state index < -0.39 is 5.91 Å². The van der Waals surface area contributed by atoms with E-state index in [4.69, 9.17) is 11.5 Å². The Labute approximate surface area is 92.5 Å². The Morgan fingerprint density at radius 3 is 2.81 bits per heavy atom. The summed E-state index contributed by atoms with van der Waals surface area (Å²) >= 11 is 0. The van der Waals surface area contributed by atoms with Gasteiger partial charge in [-0.2, -0.15) is 5.10 Å². The van der Waals surface area contributed by atoms with E-state index in [1.807, 2.05) is 24.3 Å². The number of hydrogen-bond acceptors (Lipinski definition) is 3. The van der Waals surface area contributed by atoms with Crippen LogP contribution in [-0.4, -0.2) is 16.1 Å². The molecule has 5 N–H and O–H groups in total. The maximum Gasteiger partial charge on any atom is 0.252 e. The van der Waals surface area contributed by atoms with Crippen molar-refractivity contribution in [2.24, 2.45) is 11.5 Å². The Hall–Kier alpha value is -2.14. The van der Waals surface area contributed by atoms with Crippen molar-refractivity contribution < 1.29 is 4.79 Å². The largest absolute Gasteiger partial charge is 0.365 e. The summed E-state index contributed by atoms with van der Waals surface area (Å²) < 4.78 is 0. The van der Waals surface area contributed by atoms with Gasteiger partial charge in [-0.15, -0.1) is 0 Å². The maximum atomic E-state index is 11.2. The second kappa shape index (κ2) is 4.16. The van der Waals surface area contributed by atoms with Crippen LogP contribution in [0.5, 0.6) is 0 Å². The summed E-state index contributed by atoms with van der Waals surface area (Å²) in [5.41, 5.74) is 13.7. The fourth-order valence-corrected chi connectivity index (χ4v) is 1.62. The summed E-state index contributed by atoms with van der Waals surface area (Å²) in [5.74, 6) is -0.504. The van der Waals surface area contributed by atoms with Gasteiger partial charge in [0.05, 0.1) is 17.5 Å². The molecule has 5 nitrogen and oxygen atoms in total.